The van der Waals surface area contributed by atoms with Gasteiger partial charge in [0, 0.05) is 0 Å². The van der Waals surface area contributed by atoms with Crippen LogP contribution in [0.1, 0.15) is 19.3 Å². The first-order valence-electron chi connectivity index (χ1n) is 3.45. The van der Waals surface area contributed by atoms with Gasteiger partial charge < -0.3 is 0 Å². The average molecular weight is 326 g/mol. The molecular weight excluding hydrogens is 318 g/mol. The van der Waals surface area contributed by atoms with E-state index in [1.54, 1.807) is 12.1 Å². The number of thiophene rings is 1. The van der Waals surface area contributed by atoms with E-state index in [0.29, 0.717) is 0 Å². The fourth-order valence-electron chi connectivity index (χ4n) is 0.758. The fraction of sp³-hybridized carbons (Fsp3) is 0.250. The molecule has 0 aliphatic rings. The number of carbonyl (C=O) groups is 2. The molecule has 1 heterocycles. The summed E-state index contributed by atoms with van der Waals surface area (Å²) in [6.45, 7) is 0. The molecule has 0 aromatic carbocycles. The van der Waals surface area contributed by atoms with Gasteiger partial charge in [0.05, 0.1) is 0 Å². The molecule has 0 unspecified atom stereocenters. The summed E-state index contributed by atoms with van der Waals surface area (Å²) in [5.74, 6) is 3.78. The van der Waals surface area contributed by atoms with Crippen molar-refractivity contribution < 1.29 is 9.59 Å². The van der Waals surface area contributed by atoms with Crippen LogP contribution >= 0.6 is 11.3 Å². The molecule has 2 nitrogen and oxygen atoms in total. The molecule has 70 valence electrons. The van der Waals surface area contributed by atoms with Crippen LogP contribution < -0.4 is 0 Å². The Labute approximate surface area is 93.4 Å². The Morgan fingerprint density at radius 2 is 1.46 bits per heavy atom. The molecule has 0 atom stereocenters. The normalized spacial score (nSPS) is 10.0. The number of hydrogen-bond acceptors (Lipinski definition) is 3. The van der Waals surface area contributed by atoms with Crippen molar-refractivity contribution in [1.29, 1.82) is 0 Å². The van der Waals surface area contributed by atoms with Gasteiger partial charge in [-0.05, 0) is 0 Å². The molecule has 0 amide bonds. The van der Waals surface area contributed by atoms with Gasteiger partial charge in [0.2, 0.25) is 0 Å². The Hall–Kier alpha value is 0.0790. The Kier molecular flexibility index (Phi) is 4.36. The molecule has 5 heteroatoms. The molecule has 0 radical (unpaired) electrons. The summed E-state index contributed by atoms with van der Waals surface area (Å²) < 4.78 is 0.361. The third kappa shape index (κ3) is 2.76. The van der Waals surface area contributed by atoms with Gasteiger partial charge in [0.25, 0.3) is 0 Å². The summed E-state index contributed by atoms with van der Waals surface area (Å²) in [6, 6.07) is 3.52. The van der Waals surface area contributed by atoms with Gasteiger partial charge in [-0.15, -0.1) is 0 Å². The van der Waals surface area contributed by atoms with Gasteiger partial charge in [-0.1, -0.05) is 0 Å². The zero-order valence-electron chi connectivity index (χ0n) is 7.20. The molecule has 1 aromatic heterocycles. The van der Waals surface area contributed by atoms with E-state index in [4.69, 9.17) is 0 Å². The van der Waals surface area contributed by atoms with Gasteiger partial charge >= 0.3 is 93.7 Å². The van der Waals surface area contributed by atoms with E-state index >= 15 is 0 Å². The fourth-order valence-corrected chi connectivity index (χ4v) is 3.95. The van der Waals surface area contributed by atoms with E-state index in [9.17, 15) is 9.59 Å². The first-order valence-corrected chi connectivity index (χ1v) is 9.41. The van der Waals surface area contributed by atoms with Crippen LogP contribution in [0.25, 0.3) is 0 Å². The molecule has 0 bridgehead atoms. The molecular formula is C8H8O2SSe2. The first-order chi connectivity index (χ1) is 6.19. The number of rotatable bonds is 4. The summed E-state index contributed by atoms with van der Waals surface area (Å²) >= 11 is 1.34. The van der Waals surface area contributed by atoms with Crippen LogP contribution in [0, 0.1) is 0 Å². The van der Waals surface area contributed by atoms with Crippen LogP contribution in [0.4, 0.5) is 0 Å². The summed E-state index contributed by atoms with van der Waals surface area (Å²) in [6.07, 6.45) is 0. The molecule has 1 rings (SSSR count). The van der Waals surface area contributed by atoms with Crippen molar-refractivity contribution in [3.8, 4) is 0 Å². The number of hydrogen-bond donors (Lipinski definition) is 0. The quantitative estimate of drug-likeness (QED) is 0.787. The summed E-state index contributed by atoms with van der Waals surface area (Å²) in [5, 5.41) is 0. The van der Waals surface area contributed by atoms with Crippen molar-refractivity contribution in [2.45, 2.75) is 11.6 Å². The van der Waals surface area contributed by atoms with Gasteiger partial charge in [-0.3, -0.25) is 0 Å². The first kappa shape index (κ1) is 11.2. The van der Waals surface area contributed by atoms with Crippen molar-refractivity contribution in [3.63, 3.8) is 0 Å². The zero-order valence-corrected chi connectivity index (χ0v) is 11.4. The monoisotopic (exact) mass is 328 g/mol. The maximum atomic E-state index is 11.3. The van der Waals surface area contributed by atoms with Crippen molar-refractivity contribution in [2.24, 2.45) is 0 Å². The van der Waals surface area contributed by atoms with E-state index in [0.717, 1.165) is 9.75 Å². The minimum absolute atomic E-state index is 0.00251. The van der Waals surface area contributed by atoms with Crippen LogP contribution in [0.15, 0.2) is 12.1 Å². The van der Waals surface area contributed by atoms with Gasteiger partial charge in [0.15, 0.2) is 0 Å². The van der Waals surface area contributed by atoms with Crippen LogP contribution in [-0.4, -0.2) is 39.3 Å². The predicted molar refractivity (Wildman–Crippen MR) is 56.2 cm³/mol. The topological polar surface area (TPSA) is 34.1 Å². The summed E-state index contributed by atoms with van der Waals surface area (Å²) in [5.41, 5.74) is 0. The third-order valence-electron chi connectivity index (χ3n) is 1.38. The Balaban J connectivity index is 2.86. The van der Waals surface area contributed by atoms with E-state index in [1.165, 1.54) is 11.3 Å². The van der Waals surface area contributed by atoms with Gasteiger partial charge in [-0.25, -0.2) is 0 Å². The molecule has 1 aromatic rings. The maximum absolute atomic E-state index is 11.3. The third-order valence-corrected chi connectivity index (χ3v) is 5.52. The van der Waals surface area contributed by atoms with Crippen LogP contribution in [0.2, 0.25) is 11.6 Å². The van der Waals surface area contributed by atoms with Gasteiger partial charge in [0.1, 0.15) is 0 Å². The summed E-state index contributed by atoms with van der Waals surface area (Å²) in [4.78, 5) is 24.0. The predicted octanol–water partition coefficient (Wildman–Crippen LogP) is 1.53. The van der Waals surface area contributed by atoms with Crippen molar-refractivity contribution in [3.05, 3.63) is 21.9 Å². The molecule has 0 aliphatic carbocycles. The second-order valence-electron chi connectivity index (χ2n) is 2.15. The second-order valence-corrected chi connectivity index (χ2v) is 6.50. The number of carbonyl (C=O) groups excluding carboxylic acids is 2. The van der Waals surface area contributed by atoms with Crippen molar-refractivity contribution in [2.75, 3.05) is 0 Å². The molecule has 0 aliphatic heterocycles. The van der Waals surface area contributed by atoms with E-state index in [1.807, 2.05) is 11.6 Å². The zero-order chi connectivity index (χ0) is 9.84. The van der Waals surface area contributed by atoms with Gasteiger partial charge in [-0.2, -0.15) is 0 Å². The van der Waals surface area contributed by atoms with E-state index in [-0.39, 0.29) is 39.3 Å². The molecule has 0 saturated carbocycles. The van der Waals surface area contributed by atoms with Crippen LogP contribution in [0.5, 0.6) is 0 Å². The van der Waals surface area contributed by atoms with E-state index in [2.05, 4.69) is 0 Å². The molecule has 13 heavy (non-hydrogen) atoms. The Bertz CT molecular complexity index is 302. The van der Waals surface area contributed by atoms with Crippen LogP contribution in [-0.2, 0) is 0 Å². The standard InChI is InChI=1S/C8H8O2SSe2/c1-12-7(9)5-3-4-6(11-5)8(10)13-2/h3-4H,1-2H3. The van der Waals surface area contributed by atoms with Crippen LogP contribution in [0.3, 0.4) is 0 Å². The Morgan fingerprint density at radius 1 is 1.08 bits per heavy atom. The van der Waals surface area contributed by atoms with Crippen molar-refractivity contribution >= 4 is 50.6 Å². The second kappa shape index (κ2) is 5.08. The molecule has 0 fully saturated rings. The van der Waals surface area contributed by atoms with Crippen molar-refractivity contribution in [1.82, 2.24) is 0 Å². The molecule has 0 saturated heterocycles. The SMILES string of the molecule is C[Se]C(=O)c1ccc(C(=O)[Se]C)s1. The summed E-state index contributed by atoms with van der Waals surface area (Å²) in [7, 11) is 0. The minimum atomic E-state index is 0.00251. The molecule has 0 N–H and O–H groups in total. The Morgan fingerprint density at radius 3 is 1.77 bits per heavy atom. The molecule has 0 spiro atoms. The average Bonchev–Trinajstić information content (AvgIpc) is 2.64. The van der Waals surface area contributed by atoms with E-state index < -0.39 is 0 Å².